The van der Waals surface area contributed by atoms with E-state index in [0.29, 0.717) is 25.7 Å². The summed E-state index contributed by atoms with van der Waals surface area (Å²) >= 11 is 7.87. The molecule has 2 heterocycles. The average Bonchev–Trinajstić information content (AvgIpc) is 3.22. The quantitative estimate of drug-likeness (QED) is 0.397. The van der Waals surface area contributed by atoms with Gasteiger partial charge < -0.3 is 0 Å². The van der Waals surface area contributed by atoms with E-state index < -0.39 is 4.92 Å². The lowest BCUT2D eigenvalue weighted by Crippen LogP contribution is -2.11. The first-order valence-corrected chi connectivity index (χ1v) is 8.71. The zero-order valence-corrected chi connectivity index (χ0v) is 14.6. The topological polar surface area (TPSA) is 110 Å². The summed E-state index contributed by atoms with van der Waals surface area (Å²) in [5.74, 6) is -0.336. The molecule has 0 saturated heterocycles. The highest BCUT2D eigenvalue weighted by atomic mass is 35.5. The lowest BCUT2D eigenvalue weighted by molar-refractivity contribution is -0.380. The summed E-state index contributed by atoms with van der Waals surface area (Å²) in [7, 11) is 0. The Morgan fingerprint density at radius 3 is 2.64 bits per heavy atom. The Morgan fingerprint density at radius 2 is 1.96 bits per heavy atom. The Hall–Kier alpha value is -2.69. The number of benzene rings is 1. The smallest absolute Gasteiger partial charge is 0.296 e. The molecular weight excluding hydrogens is 386 g/mol. The third-order valence-electron chi connectivity index (χ3n) is 2.84. The number of aliphatic imine (C=N–C) groups is 1. The fourth-order valence-corrected chi connectivity index (χ4v) is 3.12. The standard InChI is InChI=1S/C14H8ClN5O3S2/c15-9-3-1-8(2-4-9)12(21)17-14-19-18-13(25-14)16-7-10-5-6-11(24-10)20(22)23/h1-7H,(H,17,19,21). The molecule has 0 saturated carbocycles. The van der Waals surface area contributed by atoms with Crippen molar-refractivity contribution in [2.24, 2.45) is 4.99 Å². The number of nitro groups is 1. The van der Waals surface area contributed by atoms with E-state index in [2.05, 4.69) is 20.5 Å². The first-order valence-electron chi connectivity index (χ1n) is 6.70. The lowest BCUT2D eigenvalue weighted by Gasteiger charge is -2.00. The summed E-state index contributed by atoms with van der Waals surface area (Å²) in [5, 5.41) is 22.1. The molecule has 0 aliphatic heterocycles. The van der Waals surface area contributed by atoms with Crippen molar-refractivity contribution in [2.45, 2.75) is 0 Å². The number of nitrogens with zero attached hydrogens (tertiary/aromatic N) is 4. The van der Waals surface area contributed by atoms with Crippen LogP contribution < -0.4 is 5.32 Å². The first-order chi connectivity index (χ1) is 12.0. The van der Waals surface area contributed by atoms with E-state index in [9.17, 15) is 14.9 Å². The van der Waals surface area contributed by atoms with Crippen molar-refractivity contribution < 1.29 is 9.72 Å². The van der Waals surface area contributed by atoms with Gasteiger partial charge in [0.1, 0.15) is 0 Å². The molecule has 25 heavy (non-hydrogen) atoms. The normalized spacial score (nSPS) is 10.9. The molecule has 2 aromatic heterocycles. The number of carbonyl (C=O) groups excluding carboxylic acids is 1. The van der Waals surface area contributed by atoms with Crippen LogP contribution in [0.5, 0.6) is 0 Å². The lowest BCUT2D eigenvalue weighted by atomic mass is 10.2. The molecule has 0 unspecified atom stereocenters. The number of anilines is 1. The maximum absolute atomic E-state index is 12.1. The molecule has 0 atom stereocenters. The number of thiophene rings is 1. The van der Waals surface area contributed by atoms with Crippen LogP contribution in [0.4, 0.5) is 15.3 Å². The summed E-state index contributed by atoms with van der Waals surface area (Å²) in [5.41, 5.74) is 0.440. The highest BCUT2D eigenvalue weighted by Gasteiger charge is 2.11. The largest absolute Gasteiger partial charge is 0.324 e. The second-order valence-electron chi connectivity index (χ2n) is 4.54. The van der Waals surface area contributed by atoms with Gasteiger partial charge in [-0.1, -0.05) is 34.3 Å². The minimum atomic E-state index is -0.461. The van der Waals surface area contributed by atoms with Crippen LogP contribution in [-0.4, -0.2) is 27.2 Å². The zero-order valence-electron chi connectivity index (χ0n) is 12.2. The van der Waals surface area contributed by atoms with Gasteiger partial charge in [0.05, 0.1) is 9.80 Å². The van der Waals surface area contributed by atoms with Gasteiger partial charge in [0.15, 0.2) is 0 Å². The molecule has 3 rings (SSSR count). The minimum absolute atomic E-state index is 0.0367. The number of halogens is 1. The Kier molecular flexibility index (Phi) is 5.12. The van der Waals surface area contributed by atoms with Crippen LogP contribution in [0.1, 0.15) is 15.2 Å². The van der Waals surface area contributed by atoms with Gasteiger partial charge in [-0.15, -0.1) is 10.2 Å². The Bertz CT molecular complexity index is 952. The molecule has 1 N–H and O–H groups in total. The molecule has 0 bridgehead atoms. The van der Waals surface area contributed by atoms with Crippen LogP contribution in [0.15, 0.2) is 41.4 Å². The number of amides is 1. The van der Waals surface area contributed by atoms with Crippen LogP contribution in [0, 0.1) is 10.1 Å². The van der Waals surface area contributed by atoms with Crippen LogP contribution in [-0.2, 0) is 0 Å². The molecule has 1 amide bonds. The van der Waals surface area contributed by atoms with Crippen molar-refractivity contribution in [3.05, 3.63) is 62.0 Å². The van der Waals surface area contributed by atoms with E-state index in [1.807, 2.05) is 0 Å². The number of aromatic nitrogens is 2. The summed E-state index contributed by atoms with van der Waals surface area (Å²) in [6.07, 6.45) is 1.46. The third kappa shape index (κ3) is 4.44. The van der Waals surface area contributed by atoms with E-state index in [1.165, 1.54) is 12.3 Å². The maximum atomic E-state index is 12.1. The highest BCUT2D eigenvalue weighted by Crippen LogP contribution is 2.26. The number of hydrogen-bond acceptors (Lipinski definition) is 8. The Morgan fingerprint density at radius 1 is 1.20 bits per heavy atom. The molecule has 11 heteroatoms. The van der Waals surface area contributed by atoms with Crippen molar-refractivity contribution >= 4 is 61.7 Å². The van der Waals surface area contributed by atoms with Crippen molar-refractivity contribution in [2.75, 3.05) is 5.32 Å². The number of hydrogen-bond donors (Lipinski definition) is 1. The van der Waals surface area contributed by atoms with Gasteiger partial charge in [-0.3, -0.25) is 20.2 Å². The Labute approximate surface area is 154 Å². The van der Waals surface area contributed by atoms with E-state index in [1.54, 1.807) is 30.3 Å². The molecule has 0 aliphatic rings. The second kappa shape index (κ2) is 7.47. The molecule has 8 nitrogen and oxygen atoms in total. The summed E-state index contributed by atoms with van der Waals surface area (Å²) < 4.78 is 0. The van der Waals surface area contributed by atoms with Crippen LogP contribution >= 0.6 is 34.3 Å². The zero-order chi connectivity index (χ0) is 17.8. The molecule has 0 spiro atoms. The summed E-state index contributed by atoms with van der Waals surface area (Å²) in [6, 6.07) is 9.43. The fraction of sp³-hybridized carbons (Fsp3) is 0. The predicted molar refractivity (Wildman–Crippen MR) is 97.5 cm³/mol. The molecule has 126 valence electrons. The van der Waals surface area contributed by atoms with Crippen LogP contribution in [0.25, 0.3) is 0 Å². The van der Waals surface area contributed by atoms with E-state index in [0.717, 1.165) is 22.7 Å². The van der Waals surface area contributed by atoms with Gasteiger partial charge >= 0.3 is 5.00 Å². The van der Waals surface area contributed by atoms with Gasteiger partial charge in [-0.25, -0.2) is 4.99 Å². The van der Waals surface area contributed by atoms with E-state index in [4.69, 9.17) is 11.6 Å². The maximum Gasteiger partial charge on any atom is 0.324 e. The molecular formula is C14H8ClN5O3S2. The first kappa shape index (κ1) is 17.1. The van der Waals surface area contributed by atoms with E-state index >= 15 is 0 Å². The predicted octanol–water partition coefficient (Wildman–Crippen LogP) is 4.16. The van der Waals surface area contributed by atoms with Crippen LogP contribution in [0.3, 0.4) is 0 Å². The number of carbonyl (C=O) groups is 1. The Balaban J connectivity index is 1.65. The summed E-state index contributed by atoms with van der Waals surface area (Å²) in [6.45, 7) is 0. The molecule has 1 aromatic carbocycles. The second-order valence-corrected chi connectivity index (χ2v) is 7.03. The molecule has 0 radical (unpaired) electrons. The van der Waals surface area contributed by atoms with Gasteiger partial charge in [-0.05, 0) is 30.3 Å². The van der Waals surface area contributed by atoms with Crippen molar-refractivity contribution in [3.63, 3.8) is 0 Å². The molecule has 0 fully saturated rings. The summed E-state index contributed by atoms with van der Waals surface area (Å²) in [4.78, 5) is 27.0. The van der Waals surface area contributed by atoms with Gasteiger partial charge in [0.2, 0.25) is 10.3 Å². The molecule has 0 aliphatic carbocycles. The van der Waals surface area contributed by atoms with Gasteiger partial charge in [-0.2, -0.15) is 0 Å². The third-order valence-corrected chi connectivity index (χ3v) is 4.81. The number of rotatable bonds is 5. The minimum Gasteiger partial charge on any atom is -0.296 e. The van der Waals surface area contributed by atoms with Crippen molar-refractivity contribution in [1.29, 1.82) is 0 Å². The van der Waals surface area contributed by atoms with E-state index in [-0.39, 0.29) is 10.9 Å². The molecule has 3 aromatic rings. The van der Waals surface area contributed by atoms with Crippen LogP contribution in [0.2, 0.25) is 5.02 Å². The average molecular weight is 394 g/mol. The fourth-order valence-electron chi connectivity index (χ4n) is 1.72. The monoisotopic (exact) mass is 393 g/mol. The SMILES string of the molecule is O=C(Nc1nnc(N=Cc2ccc([N+](=O)[O-])s2)s1)c1ccc(Cl)cc1. The van der Waals surface area contributed by atoms with Gasteiger partial charge in [0.25, 0.3) is 5.91 Å². The highest BCUT2D eigenvalue weighted by molar-refractivity contribution is 7.19. The van der Waals surface area contributed by atoms with Gasteiger partial charge in [0, 0.05) is 22.9 Å². The number of nitrogens with one attached hydrogen (secondary N) is 1. The van der Waals surface area contributed by atoms with Crippen molar-refractivity contribution in [3.8, 4) is 0 Å². The van der Waals surface area contributed by atoms with Crippen molar-refractivity contribution in [1.82, 2.24) is 10.2 Å².